The number of rotatable bonds is 9. The monoisotopic (exact) mass is 279 g/mol. The van der Waals surface area contributed by atoms with E-state index in [2.05, 4.69) is 31.4 Å². The molecule has 0 saturated carbocycles. The highest BCUT2D eigenvalue weighted by atomic mass is 16.2. The zero-order valence-corrected chi connectivity index (χ0v) is 13.4. The summed E-state index contributed by atoms with van der Waals surface area (Å²) < 4.78 is 1.99. The smallest absolute Gasteiger partial charge is 0.242 e. The van der Waals surface area contributed by atoms with Crippen molar-refractivity contribution < 1.29 is 4.79 Å². The van der Waals surface area contributed by atoms with Gasteiger partial charge in [-0.1, -0.05) is 20.3 Å². The summed E-state index contributed by atoms with van der Waals surface area (Å²) in [5.41, 5.74) is 1.28. The van der Waals surface area contributed by atoms with E-state index in [-0.39, 0.29) is 5.91 Å². The Morgan fingerprint density at radius 1 is 1.35 bits per heavy atom. The van der Waals surface area contributed by atoms with Crippen LogP contribution < -0.4 is 5.32 Å². The van der Waals surface area contributed by atoms with Crippen LogP contribution in [-0.4, -0.2) is 35.5 Å². The molecule has 1 aromatic rings. The number of likely N-dealkylation sites (N-methyl/N-ethyl adjacent to an activating group) is 1. The van der Waals surface area contributed by atoms with Crippen molar-refractivity contribution in [3.05, 3.63) is 24.0 Å². The lowest BCUT2D eigenvalue weighted by Gasteiger charge is -2.17. The zero-order valence-electron chi connectivity index (χ0n) is 13.4. The standard InChI is InChI=1S/C16H29N3O/c1-5-8-15(17-10-6-2)14-9-11-19(12-14)13-16(20)18(4)7-3/h9,11-12,15,17H,5-8,10,13H2,1-4H3. The van der Waals surface area contributed by atoms with Gasteiger partial charge < -0.3 is 14.8 Å². The lowest BCUT2D eigenvalue weighted by molar-refractivity contribution is -0.130. The second-order valence-electron chi connectivity index (χ2n) is 5.32. The zero-order chi connectivity index (χ0) is 15.0. The van der Waals surface area contributed by atoms with Crippen LogP contribution in [0.1, 0.15) is 51.6 Å². The fourth-order valence-electron chi connectivity index (χ4n) is 2.21. The number of nitrogens with zero attached hydrogens (tertiary/aromatic N) is 2. The van der Waals surface area contributed by atoms with Gasteiger partial charge in [0, 0.05) is 32.0 Å². The van der Waals surface area contributed by atoms with Gasteiger partial charge in [0.15, 0.2) is 0 Å². The number of hydrogen-bond acceptors (Lipinski definition) is 2. The van der Waals surface area contributed by atoms with Crippen LogP contribution in [0.5, 0.6) is 0 Å². The molecule has 1 heterocycles. The van der Waals surface area contributed by atoms with Crippen LogP contribution in [0.3, 0.4) is 0 Å². The van der Waals surface area contributed by atoms with Crippen molar-refractivity contribution in [2.75, 3.05) is 20.1 Å². The van der Waals surface area contributed by atoms with Crippen molar-refractivity contribution in [3.63, 3.8) is 0 Å². The number of aromatic nitrogens is 1. The molecule has 0 fully saturated rings. The Kier molecular flexibility index (Phi) is 7.37. The van der Waals surface area contributed by atoms with Crippen molar-refractivity contribution in [2.24, 2.45) is 0 Å². The second-order valence-corrected chi connectivity index (χ2v) is 5.32. The first-order chi connectivity index (χ1) is 9.62. The van der Waals surface area contributed by atoms with Crippen LogP contribution in [0.2, 0.25) is 0 Å². The van der Waals surface area contributed by atoms with E-state index in [1.54, 1.807) is 4.90 Å². The van der Waals surface area contributed by atoms with Gasteiger partial charge in [0.2, 0.25) is 5.91 Å². The first kappa shape index (κ1) is 16.8. The molecule has 20 heavy (non-hydrogen) atoms. The molecule has 0 bridgehead atoms. The highest BCUT2D eigenvalue weighted by molar-refractivity contribution is 5.75. The number of carbonyl (C=O) groups is 1. The molecule has 114 valence electrons. The minimum absolute atomic E-state index is 0.156. The summed E-state index contributed by atoms with van der Waals surface area (Å²) in [5.74, 6) is 0.156. The third-order valence-electron chi connectivity index (χ3n) is 3.61. The lowest BCUT2D eigenvalue weighted by atomic mass is 10.1. The summed E-state index contributed by atoms with van der Waals surface area (Å²) in [6.07, 6.45) is 7.54. The van der Waals surface area contributed by atoms with Gasteiger partial charge in [-0.15, -0.1) is 0 Å². The van der Waals surface area contributed by atoms with Gasteiger partial charge in [-0.25, -0.2) is 0 Å². The van der Waals surface area contributed by atoms with E-state index < -0.39 is 0 Å². The molecule has 1 N–H and O–H groups in total. The van der Waals surface area contributed by atoms with E-state index in [0.717, 1.165) is 32.4 Å². The van der Waals surface area contributed by atoms with E-state index in [1.165, 1.54) is 5.56 Å². The molecule has 0 aliphatic carbocycles. The minimum Gasteiger partial charge on any atom is -0.345 e. The number of carbonyl (C=O) groups excluding carboxylic acids is 1. The second kappa shape index (κ2) is 8.80. The summed E-state index contributed by atoms with van der Waals surface area (Å²) in [6, 6.07) is 2.53. The average molecular weight is 279 g/mol. The number of nitrogens with one attached hydrogen (secondary N) is 1. The Hall–Kier alpha value is -1.29. The summed E-state index contributed by atoms with van der Waals surface area (Å²) in [5, 5.41) is 3.58. The number of amides is 1. The van der Waals surface area contributed by atoms with Crippen molar-refractivity contribution in [2.45, 2.75) is 52.6 Å². The Morgan fingerprint density at radius 2 is 2.10 bits per heavy atom. The first-order valence-corrected chi connectivity index (χ1v) is 7.75. The molecule has 0 aliphatic rings. The van der Waals surface area contributed by atoms with Crippen molar-refractivity contribution in [3.8, 4) is 0 Å². The molecule has 0 aliphatic heterocycles. The predicted molar refractivity (Wildman–Crippen MR) is 83.7 cm³/mol. The lowest BCUT2D eigenvalue weighted by Crippen LogP contribution is -2.29. The van der Waals surface area contributed by atoms with E-state index in [9.17, 15) is 4.79 Å². The third kappa shape index (κ3) is 5.00. The SMILES string of the molecule is CCCNC(CCC)c1ccn(CC(=O)N(C)CC)c1. The first-order valence-electron chi connectivity index (χ1n) is 7.75. The van der Waals surface area contributed by atoms with Crippen LogP contribution in [0, 0.1) is 0 Å². The maximum absolute atomic E-state index is 11.9. The summed E-state index contributed by atoms with van der Waals surface area (Å²) in [6.45, 7) is 8.59. The van der Waals surface area contributed by atoms with Gasteiger partial charge in [-0.3, -0.25) is 4.79 Å². The quantitative estimate of drug-likeness (QED) is 0.754. The third-order valence-corrected chi connectivity index (χ3v) is 3.61. The number of hydrogen-bond donors (Lipinski definition) is 1. The fraction of sp³-hybridized carbons (Fsp3) is 0.688. The summed E-state index contributed by atoms with van der Waals surface area (Å²) in [4.78, 5) is 13.7. The highest BCUT2D eigenvalue weighted by Crippen LogP contribution is 2.19. The molecule has 0 radical (unpaired) electrons. The Morgan fingerprint density at radius 3 is 2.70 bits per heavy atom. The van der Waals surface area contributed by atoms with E-state index in [1.807, 2.05) is 24.7 Å². The minimum atomic E-state index is 0.156. The van der Waals surface area contributed by atoms with Gasteiger partial charge in [0.1, 0.15) is 6.54 Å². The van der Waals surface area contributed by atoms with Crippen LogP contribution in [-0.2, 0) is 11.3 Å². The summed E-state index contributed by atoms with van der Waals surface area (Å²) in [7, 11) is 1.84. The molecule has 1 aromatic heterocycles. The maximum Gasteiger partial charge on any atom is 0.242 e. The molecule has 4 heteroatoms. The Labute approximate surface area is 123 Å². The topological polar surface area (TPSA) is 37.3 Å². The van der Waals surface area contributed by atoms with Crippen LogP contribution in [0.15, 0.2) is 18.5 Å². The highest BCUT2D eigenvalue weighted by Gasteiger charge is 2.12. The van der Waals surface area contributed by atoms with Gasteiger partial charge >= 0.3 is 0 Å². The molecule has 0 aromatic carbocycles. The predicted octanol–water partition coefficient (Wildman–Crippen LogP) is 2.81. The van der Waals surface area contributed by atoms with Crippen molar-refractivity contribution >= 4 is 5.91 Å². The molecule has 1 atom stereocenters. The molecular formula is C16H29N3O. The molecule has 1 rings (SSSR count). The van der Waals surface area contributed by atoms with Crippen molar-refractivity contribution in [1.82, 2.24) is 14.8 Å². The average Bonchev–Trinajstić information content (AvgIpc) is 2.90. The van der Waals surface area contributed by atoms with Crippen LogP contribution >= 0.6 is 0 Å². The summed E-state index contributed by atoms with van der Waals surface area (Å²) >= 11 is 0. The molecule has 1 unspecified atom stereocenters. The largest absolute Gasteiger partial charge is 0.345 e. The Bertz CT molecular complexity index is 400. The van der Waals surface area contributed by atoms with E-state index >= 15 is 0 Å². The van der Waals surface area contributed by atoms with Gasteiger partial charge in [-0.05, 0) is 37.9 Å². The molecule has 4 nitrogen and oxygen atoms in total. The Balaban J connectivity index is 2.66. The molecular weight excluding hydrogens is 250 g/mol. The maximum atomic E-state index is 11.9. The van der Waals surface area contributed by atoms with Crippen LogP contribution in [0.25, 0.3) is 0 Å². The van der Waals surface area contributed by atoms with Crippen LogP contribution in [0.4, 0.5) is 0 Å². The normalized spacial score (nSPS) is 12.4. The van der Waals surface area contributed by atoms with E-state index in [0.29, 0.717) is 12.6 Å². The molecule has 0 saturated heterocycles. The van der Waals surface area contributed by atoms with Gasteiger partial charge in [0.05, 0.1) is 0 Å². The van der Waals surface area contributed by atoms with Gasteiger partial charge in [-0.2, -0.15) is 0 Å². The van der Waals surface area contributed by atoms with Gasteiger partial charge in [0.25, 0.3) is 0 Å². The van der Waals surface area contributed by atoms with E-state index in [4.69, 9.17) is 0 Å². The molecule has 1 amide bonds. The fourth-order valence-corrected chi connectivity index (χ4v) is 2.21. The molecule has 0 spiro atoms. The van der Waals surface area contributed by atoms with Crippen molar-refractivity contribution in [1.29, 1.82) is 0 Å².